The molecule has 8 heteroatoms. The molecule has 0 aliphatic carbocycles. The molecule has 0 saturated carbocycles. The molecule has 0 atom stereocenters. The van der Waals surface area contributed by atoms with Crippen LogP contribution in [0.4, 0.5) is 11.4 Å². The van der Waals surface area contributed by atoms with Gasteiger partial charge < -0.3 is 15.0 Å². The molecule has 0 bridgehead atoms. The summed E-state index contributed by atoms with van der Waals surface area (Å²) in [7, 11) is 0. The summed E-state index contributed by atoms with van der Waals surface area (Å²) in [5, 5.41) is 17.7. The normalized spacial score (nSPS) is 14.0. The van der Waals surface area contributed by atoms with Crippen molar-refractivity contribution in [2.24, 2.45) is 0 Å². The number of benzene rings is 3. The zero-order chi connectivity index (χ0) is 21.9. The Labute approximate surface area is 185 Å². The summed E-state index contributed by atoms with van der Waals surface area (Å²) >= 11 is 0. The molecule has 1 aliphatic heterocycles. The first-order valence-corrected chi connectivity index (χ1v) is 10.7. The van der Waals surface area contributed by atoms with Crippen LogP contribution in [0.5, 0.6) is 0 Å². The molecule has 1 fully saturated rings. The summed E-state index contributed by atoms with van der Waals surface area (Å²) in [6.45, 7) is 5.24. The van der Waals surface area contributed by atoms with E-state index in [0.29, 0.717) is 5.82 Å². The third-order valence-electron chi connectivity index (χ3n) is 5.64. The summed E-state index contributed by atoms with van der Waals surface area (Å²) in [5.74, 6) is 0.295. The van der Waals surface area contributed by atoms with Crippen LogP contribution in [-0.2, 0) is 16.1 Å². The third kappa shape index (κ3) is 4.17. The molecule has 0 spiro atoms. The zero-order valence-electron chi connectivity index (χ0n) is 17.9. The number of carbonyl (C=O) groups is 1. The molecule has 0 unspecified atom stereocenters. The second-order valence-electron chi connectivity index (χ2n) is 7.82. The lowest BCUT2D eigenvalue weighted by atomic mass is 10.0. The molecule has 162 valence electrons. The van der Waals surface area contributed by atoms with Crippen LogP contribution in [0.3, 0.4) is 0 Å². The molecular weight excluding hydrogens is 404 g/mol. The molecule has 5 rings (SSSR count). The smallest absolute Gasteiger partial charge is 0.248 e. The van der Waals surface area contributed by atoms with Gasteiger partial charge in [0, 0.05) is 29.7 Å². The Morgan fingerprint density at radius 2 is 1.81 bits per heavy atom. The Morgan fingerprint density at radius 3 is 2.62 bits per heavy atom. The summed E-state index contributed by atoms with van der Waals surface area (Å²) in [5.41, 5.74) is 3.82. The van der Waals surface area contributed by atoms with Gasteiger partial charge in [0.2, 0.25) is 11.7 Å². The minimum absolute atomic E-state index is 0.0124. The van der Waals surface area contributed by atoms with E-state index in [4.69, 9.17) is 4.74 Å². The molecule has 32 heavy (non-hydrogen) atoms. The topological polar surface area (TPSA) is 85.2 Å². The molecule has 1 saturated heterocycles. The standard InChI is InChI=1S/C24H24N6O2/c1-17-6-7-18-4-2-3-5-21(18)23(17)25-22(31)16-30-27-24(26-28-30)19-8-10-20(11-9-19)29-12-14-32-15-13-29/h2-11H,12-16H2,1H3,(H,25,31). The average Bonchev–Trinajstić information content (AvgIpc) is 3.30. The lowest BCUT2D eigenvalue weighted by Gasteiger charge is -2.28. The molecule has 3 aromatic carbocycles. The summed E-state index contributed by atoms with van der Waals surface area (Å²) < 4.78 is 5.41. The Hall–Kier alpha value is -3.78. The number of carbonyl (C=O) groups excluding carboxylic acids is 1. The van der Waals surface area contributed by atoms with Gasteiger partial charge in [-0.1, -0.05) is 36.4 Å². The minimum Gasteiger partial charge on any atom is -0.378 e. The van der Waals surface area contributed by atoms with Crippen molar-refractivity contribution in [3.63, 3.8) is 0 Å². The number of aryl methyl sites for hydroxylation is 1. The number of aromatic nitrogens is 4. The fourth-order valence-electron chi connectivity index (χ4n) is 3.92. The molecule has 4 aromatic rings. The van der Waals surface area contributed by atoms with Gasteiger partial charge in [0.25, 0.3) is 0 Å². The highest BCUT2D eigenvalue weighted by atomic mass is 16.5. The third-order valence-corrected chi connectivity index (χ3v) is 5.64. The monoisotopic (exact) mass is 428 g/mol. The number of rotatable bonds is 5. The fraction of sp³-hybridized carbons (Fsp3) is 0.250. The molecule has 1 aliphatic rings. The number of morpholine rings is 1. The number of tetrazole rings is 1. The van der Waals surface area contributed by atoms with Crippen LogP contribution in [0.15, 0.2) is 60.7 Å². The van der Waals surface area contributed by atoms with Crippen LogP contribution in [-0.4, -0.2) is 52.4 Å². The largest absolute Gasteiger partial charge is 0.378 e. The highest BCUT2D eigenvalue weighted by molar-refractivity contribution is 6.03. The van der Waals surface area contributed by atoms with E-state index in [2.05, 4.69) is 43.8 Å². The first-order chi connectivity index (χ1) is 15.7. The minimum atomic E-state index is -0.198. The predicted octanol–water partition coefficient (Wildman–Crippen LogP) is 3.28. The van der Waals surface area contributed by atoms with Crippen molar-refractivity contribution >= 4 is 28.1 Å². The second kappa shape index (κ2) is 8.76. The molecular formula is C24H24N6O2. The van der Waals surface area contributed by atoms with Gasteiger partial charge in [0.1, 0.15) is 6.54 Å². The zero-order valence-corrected chi connectivity index (χ0v) is 17.9. The molecule has 1 N–H and O–H groups in total. The lowest BCUT2D eigenvalue weighted by molar-refractivity contribution is -0.117. The first kappa shape index (κ1) is 20.1. The molecule has 1 amide bonds. The van der Waals surface area contributed by atoms with Crippen LogP contribution < -0.4 is 10.2 Å². The van der Waals surface area contributed by atoms with Crippen LogP contribution in [0, 0.1) is 6.92 Å². The fourth-order valence-corrected chi connectivity index (χ4v) is 3.92. The number of fused-ring (bicyclic) bond motifs is 1. The summed E-state index contributed by atoms with van der Waals surface area (Å²) in [4.78, 5) is 16.3. The Bertz CT molecular complexity index is 1250. The lowest BCUT2D eigenvalue weighted by Crippen LogP contribution is -2.36. The number of hydrogen-bond acceptors (Lipinski definition) is 6. The molecule has 2 heterocycles. The van der Waals surface area contributed by atoms with Crippen molar-refractivity contribution in [2.45, 2.75) is 13.5 Å². The average molecular weight is 428 g/mol. The molecule has 0 radical (unpaired) electrons. The van der Waals surface area contributed by atoms with E-state index in [1.54, 1.807) is 0 Å². The van der Waals surface area contributed by atoms with E-state index in [0.717, 1.165) is 59.6 Å². The van der Waals surface area contributed by atoms with Gasteiger partial charge in [-0.05, 0) is 47.4 Å². The highest BCUT2D eigenvalue weighted by Gasteiger charge is 2.14. The van der Waals surface area contributed by atoms with Gasteiger partial charge in [-0.25, -0.2) is 0 Å². The van der Waals surface area contributed by atoms with Crippen LogP contribution in [0.1, 0.15) is 5.56 Å². The van der Waals surface area contributed by atoms with E-state index in [-0.39, 0.29) is 12.5 Å². The number of nitrogens with one attached hydrogen (secondary N) is 1. The number of hydrogen-bond donors (Lipinski definition) is 1. The van der Waals surface area contributed by atoms with Crippen molar-refractivity contribution in [3.8, 4) is 11.4 Å². The maximum atomic E-state index is 12.7. The van der Waals surface area contributed by atoms with Crippen molar-refractivity contribution in [1.82, 2.24) is 20.2 Å². The Kier molecular flexibility index (Phi) is 5.51. The summed E-state index contributed by atoms with van der Waals surface area (Å²) in [6, 6.07) is 20.1. The number of amides is 1. The summed E-state index contributed by atoms with van der Waals surface area (Å²) in [6.07, 6.45) is 0. The predicted molar refractivity (Wildman–Crippen MR) is 124 cm³/mol. The van der Waals surface area contributed by atoms with Crippen molar-refractivity contribution in [3.05, 3.63) is 66.2 Å². The molecule has 8 nitrogen and oxygen atoms in total. The number of anilines is 2. The van der Waals surface area contributed by atoms with E-state index >= 15 is 0 Å². The number of nitrogens with zero attached hydrogens (tertiary/aromatic N) is 5. The maximum Gasteiger partial charge on any atom is 0.248 e. The number of ether oxygens (including phenoxy) is 1. The van der Waals surface area contributed by atoms with Crippen LogP contribution >= 0.6 is 0 Å². The van der Waals surface area contributed by atoms with Gasteiger partial charge in [-0.3, -0.25) is 4.79 Å². The van der Waals surface area contributed by atoms with Crippen LogP contribution in [0.2, 0.25) is 0 Å². The van der Waals surface area contributed by atoms with Crippen molar-refractivity contribution in [2.75, 3.05) is 36.5 Å². The quantitative estimate of drug-likeness (QED) is 0.525. The highest BCUT2D eigenvalue weighted by Crippen LogP contribution is 2.27. The Balaban J connectivity index is 1.27. The first-order valence-electron chi connectivity index (χ1n) is 10.7. The van der Waals surface area contributed by atoms with E-state index in [1.165, 1.54) is 4.80 Å². The SMILES string of the molecule is Cc1ccc2ccccc2c1NC(=O)Cn1nnc(-c2ccc(N3CCOCC3)cc2)n1. The van der Waals surface area contributed by atoms with Crippen LogP contribution in [0.25, 0.3) is 22.2 Å². The maximum absolute atomic E-state index is 12.7. The van der Waals surface area contributed by atoms with E-state index in [9.17, 15) is 4.79 Å². The van der Waals surface area contributed by atoms with E-state index in [1.807, 2.05) is 49.4 Å². The van der Waals surface area contributed by atoms with E-state index < -0.39 is 0 Å². The molecule has 1 aromatic heterocycles. The van der Waals surface area contributed by atoms with Crippen molar-refractivity contribution in [1.29, 1.82) is 0 Å². The van der Waals surface area contributed by atoms with Gasteiger partial charge in [-0.2, -0.15) is 4.80 Å². The van der Waals surface area contributed by atoms with Gasteiger partial charge >= 0.3 is 0 Å². The second-order valence-corrected chi connectivity index (χ2v) is 7.82. The Morgan fingerprint density at radius 1 is 1.03 bits per heavy atom. The van der Waals surface area contributed by atoms with Crippen molar-refractivity contribution < 1.29 is 9.53 Å². The van der Waals surface area contributed by atoms with Gasteiger partial charge in [0.05, 0.1) is 18.9 Å². The van der Waals surface area contributed by atoms with Gasteiger partial charge in [0.15, 0.2) is 0 Å². The van der Waals surface area contributed by atoms with Gasteiger partial charge in [-0.15, -0.1) is 10.2 Å².